The van der Waals surface area contributed by atoms with E-state index in [-0.39, 0.29) is 5.92 Å². The molecule has 0 bridgehead atoms. The molecule has 2 aromatic heterocycles. The van der Waals surface area contributed by atoms with E-state index in [0.717, 1.165) is 38.0 Å². The van der Waals surface area contributed by atoms with Crippen LogP contribution in [0.15, 0.2) is 24.5 Å². The monoisotopic (exact) mass is 299 g/mol. The third-order valence-corrected chi connectivity index (χ3v) is 4.95. The first kappa shape index (κ1) is 15.1. The van der Waals surface area contributed by atoms with Gasteiger partial charge < -0.3 is 9.47 Å². The van der Waals surface area contributed by atoms with E-state index in [4.69, 9.17) is 0 Å². The number of fused-ring (bicyclic) bond motifs is 1. The highest BCUT2D eigenvalue weighted by atomic mass is 16.2. The standard InChI is InChI=1S/C18H25N3O/c1-4-14(5-2)18(22)21-11-13(12-21)10-16-17-15(6-8-19-16)7-9-20(17)3/h6-9,13-14H,4-5,10-12H2,1-3H3. The van der Waals surface area contributed by atoms with Crippen LogP contribution in [0.4, 0.5) is 0 Å². The lowest BCUT2D eigenvalue weighted by atomic mass is 9.91. The fourth-order valence-corrected chi connectivity index (χ4v) is 3.52. The normalized spacial score (nSPS) is 15.5. The van der Waals surface area contributed by atoms with Gasteiger partial charge in [0.1, 0.15) is 0 Å². The lowest BCUT2D eigenvalue weighted by Gasteiger charge is -2.41. The Labute approximate surface area is 132 Å². The number of pyridine rings is 1. The second kappa shape index (κ2) is 6.11. The van der Waals surface area contributed by atoms with Crippen LogP contribution in [0.3, 0.4) is 0 Å². The van der Waals surface area contributed by atoms with Gasteiger partial charge in [0.2, 0.25) is 5.91 Å². The van der Waals surface area contributed by atoms with Crippen LogP contribution in [-0.2, 0) is 18.3 Å². The van der Waals surface area contributed by atoms with Crippen molar-refractivity contribution in [3.63, 3.8) is 0 Å². The molecule has 0 N–H and O–H groups in total. The summed E-state index contributed by atoms with van der Waals surface area (Å²) in [6.45, 7) is 5.97. The SMILES string of the molecule is CCC(CC)C(=O)N1CC(Cc2nccc3ccn(C)c23)C1. The molecule has 1 aliphatic heterocycles. The molecule has 1 saturated heterocycles. The van der Waals surface area contributed by atoms with Gasteiger partial charge in [-0.15, -0.1) is 0 Å². The predicted octanol–water partition coefficient (Wildman–Crippen LogP) is 3.01. The quantitative estimate of drug-likeness (QED) is 0.851. The smallest absolute Gasteiger partial charge is 0.225 e. The molecule has 0 aliphatic carbocycles. The number of hydrogen-bond donors (Lipinski definition) is 0. The molecular weight excluding hydrogens is 274 g/mol. The summed E-state index contributed by atoms with van der Waals surface area (Å²) in [5.41, 5.74) is 2.39. The van der Waals surface area contributed by atoms with Crippen LogP contribution < -0.4 is 0 Å². The van der Waals surface area contributed by atoms with Crippen LogP contribution >= 0.6 is 0 Å². The van der Waals surface area contributed by atoms with E-state index in [9.17, 15) is 4.79 Å². The lowest BCUT2D eigenvalue weighted by molar-refractivity contribution is -0.142. The molecular formula is C18H25N3O. The first-order chi connectivity index (χ1) is 10.6. The van der Waals surface area contributed by atoms with Gasteiger partial charge in [0.25, 0.3) is 0 Å². The molecule has 0 aromatic carbocycles. The van der Waals surface area contributed by atoms with Crippen molar-refractivity contribution >= 4 is 16.8 Å². The number of hydrogen-bond acceptors (Lipinski definition) is 2. The zero-order chi connectivity index (χ0) is 15.7. The second-order valence-corrected chi connectivity index (χ2v) is 6.45. The Balaban J connectivity index is 1.64. The Hall–Kier alpha value is -1.84. The fraction of sp³-hybridized carbons (Fsp3) is 0.556. The van der Waals surface area contributed by atoms with Crippen LogP contribution in [0.1, 0.15) is 32.4 Å². The number of aryl methyl sites for hydroxylation is 1. The maximum atomic E-state index is 12.3. The zero-order valence-electron chi connectivity index (χ0n) is 13.7. The molecule has 0 radical (unpaired) electrons. The van der Waals surface area contributed by atoms with E-state index >= 15 is 0 Å². The first-order valence-corrected chi connectivity index (χ1v) is 8.31. The number of rotatable bonds is 5. The summed E-state index contributed by atoms with van der Waals surface area (Å²) in [5.74, 6) is 1.09. The summed E-state index contributed by atoms with van der Waals surface area (Å²) in [4.78, 5) is 18.9. The van der Waals surface area contributed by atoms with E-state index < -0.39 is 0 Å². The van der Waals surface area contributed by atoms with Crippen LogP contribution in [0, 0.1) is 11.8 Å². The summed E-state index contributed by atoms with van der Waals surface area (Å²) < 4.78 is 2.14. The van der Waals surface area contributed by atoms with Crippen molar-refractivity contribution in [3.05, 3.63) is 30.2 Å². The molecule has 1 aliphatic rings. The molecule has 0 unspecified atom stereocenters. The molecule has 0 spiro atoms. The Morgan fingerprint density at radius 2 is 2.05 bits per heavy atom. The van der Waals surface area contributed by atoms with Gasteiger partial charge in [-0.1, -0.05) is 13.8 Å². The van der Waals surface area contributed by atoms with Gasteiger partial charge in [-0.25, -0.2) is 0 Å². The molecule has 1 amide bonds. The van der Waals surface area contributed by atoms with Gasteiger partial charge in [-0.2, -0.15) is 0 Å². The number of likely N-dealkylation sites (tertiary alicyclic amines) is 1. The third-order valence-electron chi connectivity index (χ3n) is 4.95. The first-order valence-electron chi connectivity index (χ1n) is 8.31. The Morgan fingerprint density at radius 3 is 2.73 bits per heavy atom. The molecule has 3 rings (SSSR count). The number of carbonyl (C=O) groups excluding carboxylic acids is 1. The number of nitrogens with zero attached hydrogens (tertiary/aromatic N) is 3. The predicted molar refractivity (Wildman–Crippen MR) is 88.6 cm³/mol. The Kier molecular flexibility index (Phi) is 4.19. The maximum Gasteiger partial charge on any atom is 0.225 e. The molecule has 3 heterocycles. The Bertz CT molecular complexity index is 666. The summed E-state index contributed by atoms with van der Waals surface area (Å²) in [7, 11) is 2.07. The maximum absolute atomic E-state index is 12.3. The zero-order valence-corrected chi connectivity index (χ0v) is 13.7. The van der Waals surface area contributed by atoms with Gasteiger partial charge in [0, 0.05) is 43.8 Å². The highest BCUT2D eigenvalue weighted by Crippen LogP contribution is 2.26. The van der Waals surface area contributed by atoms with Crippen molar-refractivity contribution in [2.45, 2.75) is 33.1 Å². The van der Waals surface area contributed by atoms with Gasteiger partial charge in [0.15, 0.2) is 0 Å². The third kappa shape index (κ3) is 2.62. The molecule has 2 aromatic rings. The van der Waals surface area contributed by atoms with E-state index in [1.807, 2.05) is 11.1 Å². The van der Waals surface area contributed by atoms with E-state index in [2.05, 4.69) is 48.8 Å². The van der Waals surface area contributed by atoms with Crippen LogP contribution in [-0.4, -0.2) is 33.4 Å². The fourth-order valence-electron chi connectivity index (χ4n) is 3.52. The van der Waals surface area contributed by atoms with Gasteiger partial charge in [0.05, 0.1) is 11.2 Å². The lowest BCUT2D eigenvalue weighted by Crippen LogP contribution is -2.52. The number of aromatic nitrogens is 2. The minimum atomic E-state index is 0.204. The molecule has 1 fully saturated rings. The summed E-state index contributed by atoms with van der Waals surface area (Å²) >= 11 is 0. The van der Waals surface area contributed by atoms with Crippen molar-refractivity contribution < 1.29 is 4.79 Å². The largest absolute Gasteiger partial charge is 0.349 e. The highest BCUT2D eigenvalue weighted by Gasteiger charge is 2.33. The van der Waals surface area contributed by atoms with Crippen LogP contribution in [0.5, 0.6) is 0 Å². The molecule has 4 nitrogen and oxygen atoms in total. The van der Waals surface area contributed by atoms with Crippen molar-refractivity contribution in [3.8, 4) is 0 Å². The summed E-state index contributed by atoms with van der Waals surface area (Å²) in [6.07, 6.45) is 6.83. The van der Waals surface area contributed by atoms with Gasteiger partial charge in [-0.05, 0) is 37.3 Å². The van der Waals surface area contributed by atoms with E-state index in [1.165, 1.54) is 10.9 Å². The van der Waals surface area contributed by atoms with Crippen molar-refractivity contribution in [2.75, 3.05) is 13.1 Å². The van der Waals surface area contributed by atoms with E-state index in [0.29, 0.717) is 11.8 Å². The minimum absolute atomic E-state index is 0.204. The summed E-state index contributed by atoms with van der Waals surface area (Å²) in [5, 5.41) is 1.25. The van der Waals surface area contributed by atoms with Gasteiger partial charge >= 0.3 is 0 Å². The average Bonchev–Trinajstić information content (AvgIpc) is 2.86. The van der Waals surface area contributed by atoms with Gasteiger partial charge in [-0.3, -0.25) is 9.78 Å². The Morgan fingerprint density at radius 1 is 1.32 bits per heavy atom. The number of amides is 1. The average molecular weight is 299 g/mol. The van der Waals surface area contributed by atoms with Crippen molar-refractivity contribution in [2.24, 2.45) is 18.9 Å². The molecule has 118 valence electrons. The summed E-state index contributed by atoms with van der Waals surface area (Å²) in [6, 6.07) is 4.19. The van der Waals surface area contributed by atoms with E-state index in [1.54, 1.807) is 0 Å². The van der Waals surface area contributed by atoms with Crippen molar-refractivity contribution in [1.29, 1.82) is 0 Å². The highest BCUT2D eigenvalue weighted by molar-refractivity contribution is 5.82. The molecule has 22 heavy (non-hydrogen) atoms. The number of carbonyl (C=O) groups is 1. The van der Waals surface area contributed by atoms with Crippen LogP contribution in [0.25, 0.3) is 10.9 Å². The minimum Gasteiger partial charge on any atom is -0.349 e. The van der Waals surface area contributed by atoms with Crippen LogP contribution in [0.2, 0.25) is 0 Å². The van der Waals surface area contributed by atoms with Crippen molar-refractivity contribution in [1.82, 2.24) is 14.5 Å². The molecule has 0 atom stereocenters. The molecule has 4 heteroatoms. The topological polar surface area (TPSA) is 38.1 Å². The second-order valence-electron chi connectivity index (χ2n) is 6.45. The molecule has 0 saturated carbocycles.